The van der Waals surface area contributed by atoms with Crippen LogP contribution in [-0.2, 0) is 13.6 Å². The summed E-state index contributed by atoms with van der Waals surface area (Å²) in [7, 11) is 3.65. The fourth-order valence-corrected chi connectivity index (χ4v) is 3.82. The van der Waals surface area contributed by atoms with E-state index in [2.05, 4.69) is 5.10 Å². The molecule has 0 aliphatic carbocycles. The van der Waals surface area contributed by atoms with Gasteiger partial charge in [0.05, 0.1) is 22.6 Å². The zero-order chi connectivity index (χ0) is 22.1. The Hall–Kier alpha value is -3.38. The second-order valence-corrected chi connectivity index (χ2v) is 8.06. The van der Waals surface area contributed by atoms with Crippen LogP contribution in [0.3, 0.4) is 0 Å². The molecular weight excluding hydrogens is 410 g/mol. The van der Waals surface area contributed by atoms with Crippen LogP contribution < -0.4 is 0 Å². The number of amides is 1. The smallest absolute Gasteiger partial charge is 0.257 e. The van der Waals surface area contributed by atoms with E-state index in [0.29, 0.717) is 17.1 Å². The fourth-order valence-electron chi connectivity index (χ4n) is 3.69. The second kappa shape index (κ2) is 8.40. The number of aromatic nitrogens is 4. The van der Waals surface area contributed by atoms with Crippen molar-refractivity contribution in [2.75, 3.05) is 7.05 Å². The molecule has 0 bridgehead atoms. The van der Waals surface area contributed by atoms with E-state index in [0.717, 1.165) is 33.9 Å². The zero-order valence-corrected chi connectivity index (χ0v) is 18.8. The maximum Gasteiger partial charge on any atom is 0.257 e. The fraction of sp³-hybridized carbons (Fsp3) is 0.208. The molecular formula is C24H24ClN5O. The highest BCUT2D eigenvalue weighted by atomic mass is 35.5. The number of benzene rings is 2. The highest BCUT2D eigenvalue weighted by molar-refractivity contribution is 6.30. The summed E-state index contributed by atoms with van der Waals surface area (Å²) in [4.78, 5) is 14.9. The first-order valence-corrected chi connectivity index (χ1v) is 10.4. The van der Waals surface area contributed by atoms with Crippen LogP contribution >= 0.6 is 11.6 Å². The van der Waals surface area contributed by atoms with Crippen molar-refractivity contribution < 1.29 is 4.79 Å². The van der Waals surface area contributed by atoms with Crippen molar-refractivity contribution in [2.24, 2.45) is 7.05 Å². The zero-order valence-electron chi connectivity index (χ0n) is 18.0. The number of hydrogen-bond acceptors (Lipinski definition) is 3. The maximum atomic E-state index is 13.2. The van der Waals surface area contributed by atoms with Crippen molar-refractivity contribution >= 4 is 17.5 Å². The van der Waals surface area contributed by atoms with Crippen LogP contribution in [0.15, 0.2) is 60.8 Å². The Labute approximate surface area is 186 Å². The number of carbonyl (C=O) groups is 1. The van der Waals surface area contributed by atoms with E-state index >= 15 is 0 Å². The minimum absolute atomic E-state index is 0.0578. The van der Waals surface area contributed by atoms with Gasteiger partial charge in [-0.1, -0.05) is 41.9 Å². The van der Waals surface area contributed by atoms with Gasteiger partial charge in [-0.2, -0.15) is 10.2 Å². The molecule has 2 aromatic heterocycles. The highest BCUT2D eigenvalue weighted by Gasteiger charge is 2.23. The summed E-state index contributed by atoms with van der Waals surface area (Å²) in [5.41, 5.74) is 5.90. The molecule has 7 heteroatoms. The number of hydrogen-bond donors (Lipinski definition) is 0. The van der Waals surface area contributed by atoms with Crippen molar-refractivity contribution in [3.63, 3.8) is 0 Å². The quantitative estimate of drug-likeness (QED) is 0.453. The minimum Gasteiger partial charge on any atom is -0.337 e. The Kier molecular flexibility index (Phi) is 5.65. The average molecular weight is 434 g/mol. The number of nitrogens with zero attached hydrogens (tertiary/aromatic N) is 5. The van der Waals surface area contributed by atoms with Crippen LogP contribution in [0.1, 0.15) is 27.3 Å². The van der Waals surface area contributed by atoms with E-state index in [1.165, 1.54) is 0 Å². The van der Waals surface area contributed by atoms with Crippen LogP contribution in [0.25, 0.3) is 16.9 Å². The molecule has 2 heterocycles. The van der Waals surface area contributed by atoms with Gasteiger partial charge in [0, 0.05) is 48.7 Å². The van der Waals surface area contributed by atoms with Crippen molar-refractivity contribution in [3.8, 4) is 16.9 Å². The van der Waals surface area contributed by atoms with Crippen LogP contribution in [-0.4, -0.2) is 37.4 Å². The third-order valence-electron chi connectivity index (χ3n) is 5.41. The van der Waals surface area contributed by atoms with Gasteiger partial charge in [-0.15, -0.1) is 0 Å². The van der Waals surface area contributed by atoms with E-state index in [4.69, 9.17) is 16.7 Å². The van der Waals surface area contributed by atoms with Crippen molar-refractivity contribution in [1.82, 2.24) is 24.5 Å². The molecule has 0 spiro atoms. The average Bonchev–Trinajstić information content (AvgIpc) is 3.29. The maximum absolute atomic E-state index is 13.2. The Morgan fingerprint density at radius 3 is 2.32 bits per heavy atom. The van der Waals surface area contributed by atoms with E-state index in [1.54, 1.807) is 16.6 Å². The molecule has 0 radical (unpaired) electrons. The molecule has 0 fully saturated rings. The third kappa shape index (κ3) is 4.11. The molecule has 31 heavy (non-hydrogen) atoms. The van der Waals surface area contributed by atoms with Crippen molar-refractivity contribution in [1.29, 1.82) is 0 Å². The molecule has 0 N–H and O–H groups in total. The first-order valence-electron chi connectivity index (χ1n) is 10.0. The van der Waals surface area contributed by atoms with Gasteiger partial charge in [0.2, 0.25) is 0 Å². The Morgan fingerprint density at radius 2 is 1.71 bits per heavy atom. The number of para-hydroxylation sites is 1. The largest absolute Gasteiger partial charge is 0.337 e. The standard InChI is InChI=1S/C24H24ClN5O/c1-16-22(17(2)29(4)26-16)24(31)28(3)14-19-15-30(21-8-6-5-7-9-21)27-23(19)18-10-12-20(25)13-11-18/h5-13,15H,14H2,1-4H3. The Balaban J connectivity index is 1.71. The lowest BCUT2D eigenvalue weighted by molar-refractivity contribution is 0.0783. The third-order valence-corrected chi connectivity index (χ3v) is 5.66. The number of carbonyl (C=O) groups excluding carboxylic acids is 1. The van der Waals surface area contributed by atoms with E-state index in [-0.39, 0.29) is 5.91 Å². The lowest BCUT2D eigenvalue weighted by Gasteiger charge is -2.17. The molecule has 0 aliphatic heterocycles. The van der Waals surface area contributed by atoms with Gasteiger partial charge < -0.3 is 4.90 Å². The molecule has 4 aromatic rings. The molecule has 6 nitrogen and oxygen atoms in total. The summed E-state index contributed by atoms with van der Waals surface area (Å²) < 4.78 is 3.58. The SMILES string of the molecule is Cc1nn(C)c(C)c1C(=O)N(C)Cc1cn(-c2ccccc2)nc1-c1ccc(Cl)cc1. The number of rotatable bonds is 5. The van der Waals surface area contributed by atoms with Crippen LogP contribution in [0.2, 0.25) is 5.02 Å². The molecule has 1 amide bonds. The topological polar surface area (TPSA) is 56.0 Å². The molecule has 4 rings (SSSR count). The Morgan fingerprint density at radius 1 is 1.03 bits per heavy atom. The predicted molar refractivity (Wildman–Crippen MR) is 122 cm³/mol. The monoisotopic (exact) mass is 433 g/mol. The van der Waals surface area contributed by atoms with Gasteiger partial charge in [0.15, 0.2) is 0 Å². The van der Waals surface area contributed by atoms with Crippen LogP contribution in [0.5, 0.6) is 0 Å². The van der Waals surface area contributed by atoms with Crippen molar-refractivity contribution in [2.45, 2.75) is 20.4 Å². The summed E-state index contributed by atoms with van der Waals surface area (Å²) in [6.45, 7) is 4.19. The van der Waals surface area contributed by atoms with Gasteiger partial charge in [0.25, 0.3) is 5.91 Å². The summed E-state index contributed by atoms with van der Waals surface area (Å²) in [5, 5.41) is 9.87. The van der Waals surface area contributed by atoms with Gasteiger partial charge in [-0.25, -0.2) is 4.68 Å². The van der Waals surface area contributed by atoms with Gasteiger partial charge in [-0.3, -0.25) is 9.48 Å². The normalized spacial score (nSPS) is 11.0. The van der Waals surface area contributed by atoms with Crippen LogP contribution in [0.4, 0.5) is 0 Å². The Bertz CT molecular complexity index is 1230. The van der Waals surface area contributed by atoms with E-state index in [1.807, 2.05) is 86.4 Å². The lowest BCUT2D eigenvalue weighted by atomic mass is 10.1. The highest BCUT2D eigenvalue weighted by Crippen LogP contribution is 2.27. The van der Waals surface area contributed by atoms with Gasteiger partial charge in [0.1, 0.15) is 0 Å². The molecule has 0 saturated carbocycles. The summed E-state index contributed by atoms with van der Waals surface area (Å²) >= 11 is 6.08. The molecule has 0 saturated heterocycles. The predicted octanol–water partition coefficient (Wildman–Crippen LogP) is 4.82. The summed E-state index contributed by atoms with van der Waals surface area (Å²) in [6.07, 6.45) is 1.98. The molecule has 0 atom stereocenters. The molecule has 2 aromatic carbocycles. The van der Waals surface area contributed by atoms with E-state index in [9.17, 15) is 4.79 Å². The lowest BCUT2D eigenvalue weighted by Crippen LogP contribution is -2.27. The minimum atomic E-state index is -0.0578. The van der Waals surface area contributed by atoms with Crippen LogP contribution in [0, 0.1) is 13.8 Å². The first kappa shape index (κ1) is 20.9. The number of halogens is 1. The molecule has 0 aliphatic rings. The van der Waals surface area contributed by atoms with Gasteiger partial charge in [-0.05, 0) is 38.1 Å². The first-order chi connectivity index (χ1) is 14.8. The molecule has 0 unspecified atom stereocenters. The van der Waals surface area contributed by atoms with Crippen molar-refractivity contribution in [3.05, 3.63) is 88.3 Å². The van der Waals surface area contributed by atoms with Gasteiger partial charge >= 0.3 is 0 Å². The second-order valence-electron chi connectivity index (χ2n) is 7.62. The summed E-state index contributed by atoms with van der Waals surface area (Å²) in [5.74, 6) is -0.0578. The molecule has 158 valence electrons. The summed E-state index contributed by atoms with van der Waals surface area (Å²) in [6, 6.07) is 17.5. The number of aryl methyl sites for hydroxylation is 2. The van der Waals surface area contributed by atoms with E-state index < -0.39 is 0 Å².